The summed E-state index contributed by atoms with van der Waals surface area (Å²) in [5, 5.41) is 10.1. The summed E-state index contributed by atoms with van der Waals surface area (Å²) in [7, 11) is -1.08. The quantitative estimate of drug-likeness (QED) is 0.653. The Balaban J connectivity index is 3.31. The van der Waals surface area contributed by atoms with Crippen LogP contribution in [0.2, 0.25) is 13.1 Å². The Hall–Kier alpha value is -1.06. The number of allylic oxidation sites excluding steroid dienone is 1. The smallest absolute Gasteiger partial charge is 0.171 e. The first-order valence-corrected chi connectivity index (χ1v) is 9.62. The van der Waals surface area contributed by atoms with Crippen molar-refractivity contribution in [2.75, 3.05) is 0 Å². The van der Waals surface area contributed by atoms with E-state index >= 15 is 0 Å². The van der Waals surface area contributed by atoms with Crippen molar-refractivity contribution in [2.45, 2.75) is 52.3 Å². The maximum Gasteiger partial charge on any atom is 0.171 e. The summed E-state index contributed by atoms with van der Waals surface area (Å²) >= 11 is 0. The largest absolute Gasteiger partial charge is 0.508 e. The predicted octanol–water partition coefficient (Wildman–Crippen LogP) is 3.92. The van der Waals surface area contributed by atoms with Crippen molar-refractivity contribution in [3.05, 3.63) is 41.5 Å². The minimum atomic E-state index is -1.08. The summed E-state index contributed by atoms with van der Waals surface area (Å²) in [6, 6.07) is 3.80. The highest BCUT2D eigenvalue weighted by atomic mass is 28.3. The number of aromatic hydroxyl groups is 1. The van der Waals surface area contributed by atoms with Gasteiger partial charge in [-0.25, -0.2) is 0 Å². The van der Waals surface area contributed by atoms with Crippen LogP contribution in [0.15, 0.2) is 24.8 Å². The molecule has 0 heterocycles. The first-order chi connectivity index (χ1) is 8.77. The Morgan fingerprint density at radius 3 is 2.37 bits per heavy atom. The van der Waals surface area contributed by atoms with Crippen LogP contribution in [0.25, 0.3) is 0 Å². The number of rotatable bonds is 5. The van der Waals surface area contributed by atoms with Crippen LogP contribution in [-0.2, 0) is 22.9 Å². The van der Waals surface area contributed by atoms with Gasteiger partial charge in [0.05, 0.1) is 6.61 Å². The molecule has 0 aromatic heterocycles. The Bertz CT molecular complexity index is 445. The summed E-state index contributed by atoms with van der Waals surface area (Å²) in [5.74, 6) is 0.344. The maximum absolute atomic E-state index is 10.1. The Kier molecular flexibility index (Phi) is 5.38. The van der Waals surface area contributed by atoms with Gasteiger partial charge >= 0.3 is 0 Å². The third kappa shape index (κ3) is 4.22. The van der Waals surface area contributed by atoms with Gasteiger partial charge in [0.1, 0.15) is 5.75 Å². The second-order valence-electron chi connectivity index (χ2n) is 6.19. The zero-order chi connectivity index (χ0) is 14.6. The fraction of sp³-hybridized carbons (Fsp3) is 0.500. The van der Waals surface area contributed by atoms with Gasteiger partial charge < -0.3 is 9.53 Å². The summed E-state index contributed by atoms with van der Waals surface area (Å²) in [4.78, 5) is 0. The third-order valence-electron chi connectivity index (χ3n) is 3.12. The van der Waals surface area contributed by atoms with Crippen LogP contribution in [0, 0.1) is 0 Å². The summed E-state index contributed by atoms with van der Waals surface area (Å²) < 4.78 is 5.90. The fourth-order valence-corrected chi connectivity index (χ4v) is 2.67. The zero-order valence-corrected chi connectivity index (χ0v) is 13.9. The predicted molar refractivity (Wildman–Crippen MR) is 84.4 cm³/mol. The number of phenols is 1. The molecule has 19 heavy (non-hydrogen) atoms. The molecule has 0 spiro atoms. The van der Waals surface area contributed by atoms with Crippen LogP contribution in [0.4, 0.5) is 0 Å². The zero-order valence-electron chi connectivity index (χ0n) is 12.8. The van der Waals surface area contributed by atoms with E-state index in [1.165, 1.54) is 5.56 Å². The van der Waals surface area contributed by atoms with Crippen molar-refractivity contribution in [2.24, 2.45) is 0 Å². The molecular weight excluding hydrogens is 252 g/mol. The molecule has 1 N–H and O–H groups in total. The standard InChI is InChI=1S/C16H26O2Si/c1-7-8-12-13(11-18-19(5)6)14(16(2,3)4)9-10-15(12)17/h7,9-10,17,19H,1,8,11H2,2-6H3. The van der Waals surface area contributed by atoms with Crippen molar-refractivity contribution in [3.8, 4) is 5.75 Å². The molecule has 3 heteroatoms. The molecule has 0 unspecified atom stereocenters. The summed E-state index contributed by atoms with van der Waals surface area (Å²) in [6.45, 7) is 15.3. The first-order valence-electron chi connectivity index (χ1n) is 6.84. The van der Waals surface area contributed by atoms with Gasteiger partial charge in [0.2, 0.25) is 0 Å². The van der Waals surface area contributed by atoms with E-state index in [-0.39, 0.29) is 5.41 Å². The van der Waals surface area contributed by atoms with Crippen molar-refractivity contribution >= 4 is 9.04 Å². The van der Waals surface area contributed by atoms with E-state index in [1.54, 1.807) is 6.07 Å². The fourth-order valence-electron chi connectivity index (χ4n) is 2.17. The molecule has 0 saturated heterocycles. The van der Waals surface area contributed by atoms with Crippen LogP contribution in [-0.4, -0.2) is 14.1 Å². The number of phenolic OH excluding ortho intramolecular Hbond substituents is 1. The van der Waals surface area contributed by atoms with Crippen LogP contribution < -0.4 is 0 Å². The maximum atomic E-state index is 10.1. The lowest BCUT2D eigenvalue weighted by Gasteiger charge is -2.26. The van der Waals surface area contributed by atoms with E-state index in [0.29, 0.717) is 18.8 Å². The molecule has 1 aromatic carbocycles. The van der Waals surface area contributed by atoms with E-state index in [1.807, 2.05) is 12.1 Å². The van der Waals surface area contributed by atoms with Gasteiger partial charge in [-0.05, 0) is 42.1 Å². The highest BCUT2D eigenvalue weighted by Crippen LogP contribution is 2.33. The highest BCUT2D eigenvalue weighted by molar-refractivity contribution is 6.48. The molecule has 0 radical (unpaired) electrons. The van der Waals surface area contributed by atoms with Crippen LogP contribution in [0.1, 0.15) is 37.5 Å². The number of hydrogen-bond donors (Lipinski definition) is 1. The van der Waals surface area contributed by atoms with Crippen molar-refractivity contribution in [3.63, 3.8) is 0 Å². The van der Waals surface area contributed by atoms with Gasteiger partial charge in [-0.15, -0.1) is 6.58 Å². The van der Waals surface area contributed by atoms with Crippen LogP contribution >= 0.6 is 0 Å². The highest BCUT2D eigenvalue weighted by Gasteiger charge is 2.21. The van der Waals surface area contributed by atoms with Gasteiger partial charge in [-0.1, -0.05) is 32.9 Å². The second kappa shape index (κ2) is 6.39. The number of hydrogen-bond acceptors (Lipinski definition) is 2. The summed E-state index contributed by atoms with van der Waals surface area (Å²) in [5.41, 5.74) is 3.38. The molecule has 0 aliphatic heterocycles. The van der Waals surface area contributed by atoms with Gasteiger partial charge in [0.25, 0.3) is 0 Å². The van der Waals surface area contributed by atoms with Gasteiger partial charge in [-0.3, -0.25) is 0 Å². The molecule has 0 saturated carbocycles. The molecule has 2 nitrogen and oxygen atoms in total. The van der Waals surface area contributed by atoms with E-state index in [2.05, 4.69) is 40.4 Å². The topological polar surface area (TPSA) is 29.5 Å². The van der Waals surface area contributed by atoms with Gasteiger partial charge in [0.15, 0.2) is 9.04 Å². The molecule has 0 amide bonds. The lowest BCUT2D eigenvalue weighted by molar-refractivity contribution is 0.308. The molecule has 1 rings (SSSR count). The molecule has 0 aliphatic carbocycles. The van der Waals surface area contributed by atoms with Crippen LogP contribution in [0.3, 0.4) is 0 Å². The minimum Gasteiger partial charge on any atom is -0.508 e. The molecular formula is C16H26O2Si. The molecule has 0 bridgehead atoms. The third-order valence-corrected chi connectivity index (χ3v) is 3.96. The van der Waals surface area contributed by atoms with E-state index in [0.717, 1.165) is 11.1 Å². The van der Waals surface area contributed by atoms with Gasteiger partial charge in [0, 0.05) is 5.56 Å². The van der Waals surface area contributed by atoms with Crippen LogP contribution in [0.5, 0.6) is 5.75 Å². The van der Waals surface area contributed by atoms with Crippen molar-refractivity contribution in [1.82, 2.24) is 0 Å². The van der Waals surface area contributed by atoms with E-state index in [9.17, 15) is 5.11 Å². The molecule has 106 valence electrons. The Labute approximate surface area is 118 Å². The normalized spacial score (nSPS) is 11.9. The van der Waals surface area contributed by atoms with E-state index in [4.69, 9.17) is 4.43 Å². The lowest BCUT2D eigenvalue weighted by Crippen LogP contribution is -2.18. The molecule has 1 aromatic rings. The van der Waals surface area contributed by atoms with E-state index < -0.39 is 9.04 Å². The average molecular weight is 278 g/mol. The molecule has 0 aliphatic rings. The Morgan fingerprint density at radius 1 is 1.26 bits per heavy atom. The first kappa shape index (κ1) is 16.0. The average Bonchev–Trinajstić information content (AvgIpc) is 2.28. The van der Waals surface area contributed by atoms with Gasteiger partial charge in [-0.2, -0.15) is 0 Å². The van der Waals surface area contributed by atoms with Crippen molar-refractivity contribution < 1.29 is 9.53 Å². The second-order valence-corrected chi connectivity index (χ2v) is 8.62. The monoisotopic (exact) mass is 278 g/mol. The number of benzene rings is 1. The SMILES string of the molecule is C=CCc1c(O)ccc(C(C)(C)C)c1CO[SiH](C)C. The Morgan fingerprint density at radius 2 is 1.89 bits per heavy atom. The molecule has 0 fully saturated rings. The molecule has 0 atom stereocenters. The summed E-state index contributed by atoms with van der Waals surface area (Å²) in [6.07, 6.45) is 2.51. The van der Waals surface area contributed by atoms with Crippen molar-refractivity contribution in [1.29, 1.82) is 0 Å². The lowest BCUT2D eigenvalue weighted by atomic mass is 9.81. The minimum absolute atomic E-state index is 0.0425.